The molecule has 1 N–H and O–H groups in total. The van der Waals surface area contributed by atoms with Crippen molar-refractivity contribution in [1.29, 1.82) is 0 Å². The number of piperidine rings is 1. The fraction of sp³-hybridized carbons (Fsp3) is 0.611. The largest absolute Gasteiger partial charge is 0.370 e. The van der Waals surface area contributed by atoms with Gasteiger partial charge in [0.25, 0.3) is 0 Å². The third-order valence-electron chi connectivity index (χ3n) is 5.41. The zero-order chi connectivity index (χ0) is 17.3. The Morgan fingerprint density at radius 2 is 2.12 bits per heavy atom. The molecule has 4 rings (SSSR count). The van der Waals surface area contributed by atoms with Crippen LogP contribution in [0.3, 0.4) is 0 Å². The maximum Gasteiger partial charge on any atom is 0.216 e. The summed E-state index contributed by atoms with van der Waals surface area (Å²) < 4.78 is 14.9. The highest BCUT2D eigenvalue weighted by molar-refractivity contribution is 7.00. The highest BCUT2D eigenvalue weighted by atomic mass is 32.1. The van der Waals surface area contributed by atoms with Crippen LogP contribution >= 0.6 is 11.7 Å². The number of fused-ring (bicyclic) bond motifs is 1. The SMILES string of the molecule is CC(=O)NCC1CCC2(CCN(Cc3ccc4nsnc4c3)CC2)O1. The van der Waals surface area contributed by atoms with Gasteiger partial charge in [-0.3, -0.25) is 9.69 Å². The molecule has 2 aliphatic rings. The average Bonchev–Trinajstić information content (AvgIpc) is 3.22. The molecule has 0 aliphatic carbocycles. The summed E-state index contributed by atoms with van der Waals surface area (Å²) >= 11 is 1.27. The number of benzene rings is 1. The van der Waals surface area contributed by atoms with Crippen molar-refractivity contribution < 1.29 is 9.53 Å². The molecule has 2 aromatic rings. The predicted octanol–water partition coefficient (Wildman–Crippen LogP) is 2.34. The topological polar surface area (TPSA) is 67.4 Å². The van der Waals surface area contributed by atoms with Crippen LogP contribution in [-0.4, -0.2) is 50.9 Å². The second-order valence-electron chi connectivity index (χ2n) is 7.26. The number of carbonyl (C=O) groups excluding carboxylic acids is 1. The van der Waals surface area contributed by atoms with Gasteiger partial charge >= 0.3 is 0 Å². The minimum absolute atomic E-state index is 0.0200. The molecule has 3 heterocycles. The summed E-state index contributed by atoms with van der Waals surface area (Å²) in [4.78, 5) is 13.6. The summed E-state index contributed by atoms with van der Waals surface area (Å²) in [5.74, 6) is 0.0200. The smallest absolute Gasteiger partial charge is 0.216 e. The molecular formula is C18H24N4O2S. The van der Waals surface area contributed by atoms with E-state index in [1.807, 2.05) is 0 Å². The molecule has 2 aliphatic heterocycles. The van der Waals surface area contributed by atoms with E-state index in [1.54, 1.807) is 6.92 Å². The minimum atomic E-state index is 0.0200. The first-order valence-electron chi connectivity index (χ1n) is 8.98. The van der Waals surface area contributed by atoms with Crippen molar-refractivity contribution in [2.24, 2.45) is 0 Å². The lowest BCUT2D eigenvalue weighted by Gasteiger charge is -2.39. The normalized spacial score (nSPS) is 23.3. The van der Waals surface area contributed by atoms with Crippen molar-refractivity contribution in [1.82, 2.24) is 19.0 Å². The molecule has 0 radical (unpaired) electrons. The second kappa shape index (κ2) is 6.97. The van der Waals surface area contributed by atoms with E-state index in [0.717, 1.165) is 56.4 Å². The molecule has 1 spiro atoms. The van der Waals surface area contributed by atoms with E-state index < -0.39 is 0 Å². The average molecular weight is 360 g/mol. The number of hydrogen-bond donors (Lipinski definition) is 1. The molecule has 134 valence electrons. The summed E-state index contributed by atoms with van der Waals surface area (Å²) in [6, 6.07) is 6.37. The van der Waals surface area contributed by atoms with Crippen LogP contribution in [0.25, 0.3) is 11.0 Å². The van der Waals surface area contributed by atoms with Gasteiger partial charge in [0, 0.05) is 33.1 Å². The van der Waals surface area contributed by atoms with Gasteiger partial charge in [0.15, 0.2) is 0 Å². The van der Waals surface area contributed by atoms with E-state index >= 15 is 0 Å². The molecule has 7 heteroatoms. The molecule has 1 aromatic heterocycles. The van der Waals surface area contributed by atoms with E-state index in [0.29, 0.717) is 6.54 Å². The number of rotatable bonds is 4. The Morgan fingerprint density at radius 1 is 1.32 bits per heavy atom. The molecule has 0 saturated carbocycles. The van der Waals surface area contributed by atoms with Gasteiger partial charge < -0.3 is 10.1 Å². The Labute approximate surface area is 151 Å². The number of aromatic nitrogens is 2. The molecule has 0 bridgehead atoms. The Morgan fingerprint density at radius 3 is 2.92 bits per heavy atom. The number of carbonyl (C=O) groups is 1. The van der Waals surface area contributed by atoms with Crippen molar-refractivity contribution in [3.8, 4) is 0 Å². The van der Waals surface area contributed by atoms with Gasteiger partial charge in [-0.15, -0.1) is 0 Å². The van der Waals surface area contributed by atoms with Gasteiger partial charge in [-0.25, -0.2) is 0 Å². The Balaban J connectivity index is 1.30. The zero-order valence-corrected chi connectivity index (χ0v) is 15.3. The number of nitrogens with zero attached hydrogens (tertiary/aromatic N) is 3. The quantitative estimate of drug-likeness (QED) is 0.906. The number of ether oxygens (including phenoxy) is 1. The third kappa shape index (κ3) is 3.83. The van der Waals surface area contributed by atoms with Crippen LogP contribution < -0.4 is 5.32 Å². The lowest BCUT2D eigenvalue weighted by molar-refractivity contribution is -0.120. The Bertz CT molecular complexity index is 754. The van der Waals surface area contributed by atoms with Crippen molar-refractivity contribution >= 4 is 28.7 Å². The van der Waals surface area contributed by atoms with Gasteiger partial charge in [0.2, 0.25) is 5.91 Å². The number of hydrogen-bond acceptors (Lipinski definition) is 6. The van der Waals surface area contributed by atoms with E-state index in [1.165, 1.54) is 17.3 Å². The van der Waals surface area contributed by atoms with Gasteiger partial charge in [0.05, 0.1) is 23.4 Å². The van der Waals surface area contributed by atoms with Crippen molar-refractivity contribution in [2.75, 3.05) is 19.6 Å². The number of likely N-dealkylation sites (tertiary alicyclic amines) is 1. The van der Waals surface area contributed by atoms with Gasteiger partial charge in [0.1, 0.15) is 11.0 Å². The summed E-state index contributed by atoms with van der Waals surface area (Å²) in [5, 5.41) is 2.88. The van der Waals surface area contributed by atoms with E-state index in [2.05, 4.69) is 37.2 Å². The summed E-state index contributed by atoms with van der Waals surface area (Å²) in [7, 11) is 0. The molecule has 2 saturated heterocycles. The van der Waals surface area contributed by atoms with Crippen LogP contribution in [0.4, 0.5) is 0 Å². The predicted molar refractivity (Wildman–Crippen MR) is 97.4 cm³/mol. The first kappa shape index (κ1) is 16.9. The van der Waals surface area contributed by atoms with Crippen molar-refractivity contribution in [3.63, 3.8) is 0 Å². The summed E-state index contributed by atoms with van der Waals surface area (Å²) in [6.45, 7) is 5.27. The third-order valence-corrected chi connectivity index (χ3v) is 5.97. The molecule has 1 amide bonds. The molecular weight excluding hydrogens is 336 g/mol. The maximum absolute atomic E-state index is 11.1. The van der Waals surface area contributed by atoms with Crippen LogP contribution in [0.15, 0.2) is 18.2 Å². The first-order valence-corrected chi connectivity index (χ1v) is 9.71. The summed E-state index contributed by atoms with van der Waals surface area (Å²) in [6.07, 6.45) is 4.48. The maximum atomic E-state index is 11.1. The van der Waals surface area contributed by atoms with Crippen LogP contribution in [0.2, 0.25) is 0 Å². The molecule has 1 atom stereocenters. The van der Waals surface area contributed by atoms with Crippen molar-refractivity contribution in [3.05, 3.63) is 23.8 Å². The minimum Gasteiger partial charge on any atom is -0.370 e. The molecule has 1 unspecified atom stereocenters. The Kier molecular flexibility index (Phi) is 4.71. The monoisotopic (exact) mass is 360 g/mol. The highest BCUT2D eigenvalue weighted by Crippen LogP contribution is 2.39. The van der Waals surface area contributed by atoms with Crippen LogP contribution in [-0.2, 0) is 16.1 Å². The summed E-state index contributed by atoms with van der Waals surface area (Å²) in [5.41, 5.74) is 3.31. The first-order chi connectivity index (χ1) is 12.1. The van der Waals surface area contributed by atoms with E-state index in [4.69, 9.17) is 4.74 Å². The van der Waals surface area contributed by atoms with Crippen LogP contribution in [0, 0.1) is 0 Å². The molecule has 2 fully saturated rings. The van der Waals surface area contributed by atoms with Gasteiger partial charge in [-0.2, -0.15) is 8.75 Å². The fourth-order valence-electron chi connectivity index (χ4n) is 3.97. The lowest BCUT2D eigenvalue weighted by atomic mass is 9.88. The highest BCUT2D eigenvalue weighted by Gasteiger charge is 2.42. The van der Waals surface area contributed by atoms with Crippen molar-refractivity contribution in [2.45, 2.75) is 50.9 Å². The van der Waals surface area contributed by atoms with E-state index in [9.17, 15) is 4.79 Å². The molecule has 6 nitrogen and oxygen atoms in total. The standard InChI is InChI=1S/C18H24N4O2S/c1-13(23)19-11-15-4-5-18(24-15)6-8-22(9-7-18)12-14-2-3-16-17(10-14)21-25-20-16/h2-3,10,15H,4-9,11-12H2,1H3,(H,19,23). The van der Waals surface area contributed by atoms with E-state index in [-0.39, 0.29) is 17.6 Å². The Hall–Kier alpha value is -1.57. The lowest BCUT2D eigenvalue weighted by Crippen LogP contribution is -2.44. The molecule has 1 aromatic carbocycles. The fourth-order valence-corrected chi connectivity index (χ4v) is 4.48. The van der Waals surface area contributed by atoms with Crippen LogP contribution in [0.5, 0.6) is 0 Å². The van der Waals surface area contributed by atoms with Crippen LogP contribution in [0.1, 0.15) is 38.2 Å². The number of nitrogens with one attached hydrogen (secondary N) is 1. The zero-order valence-electron chi connectivity index (χ0n) is 14.5. The number of amides is 1. The second-order valence-corrected chi connectivity index (χ2v) is 7.79. The van der Waals surface area contributed by atoms with Gasteiger partial charge in [-0.1, -0.05) is 6.07 Å². The molecule has 25 heavy (non-hydrogen) atoms. The van der Waals surface area contributed by atoms with Gasteiger partial charge in [-0.05, 0) is 43.4 Å².